The summed E-state index contributed by atoms with van der Waals surface area (Å²) in [5.74, 6) is 0. The molecule has 0 spiro atoms. The zero-order chi connectivity index (χ0) is 10.7. The quantitative estimate of drug-likeness (QED) is 0.603. The van der Waals surface area contributed by atoms with Crippen LogP contribution in [0.4, 0.5) is 0 Å². The molecule has 0 amide bonds. The van der Waals surface area contributed by atoms with Gasteiger partial charge in [-0.3, -0.25) is 5.32 Å². The molecule has 80 valence electrons. The van der Waals surface area contributed by atoms with E-state index >= 15 is 0 Å². The molecule has 0 saturated heterocycles. The average Bonchev–Trinajstić information content (AvgIpc) is 2.61. The molecule has 1 aromatic heterocycles. The Morgan fingerprint density at radius 2 is 2.33 bits per heavy atom. The minimum atomic E-state index is 0.570. The topological polar surface area (TPSA) is 39.1 Å². The molecule has 0 saturated carbocycles. The molecule has 2 aromatic rings. The summed E-state index contributed by atoms with van der Waals surface area (Å²) in [6.45, 7) is 1.38. The van der Waals surface area contributed by atoms with Crippen molar-refractivity contribution in [2.75, 3.05) is 13.8 Å². The second kappa shape index (κ2) is 4.42. The molecule has 1 aromatic carbocycles. The van der Waals surface area contributed by atoms with E-state index in [1.165, 1.54) is 5.56 Å². The number of imidazole rings is 1. The number of benzene rings is 1. The zero-order valence-corrected chi connectivity index (χ0v) is 9.03. The van der Waals surface area contributed by atoms with E-state index in [-0.39, 0.29) is 0 Å². The molecule has 0 aliphatic heterocycles. The molecule has 0 atom stereocenters. The summed E-state index contributed by atoms with van der Waals surface area (Å²) < 4.78 is 6.94. The van der Waals surface area contributed by atoms with E-state index in [4.69, 9.17) is 4.74 Å². The Balaban J connectivity index is 2.16. The lowest BCUT2D eigenvalue weighted by molar-refractivity contribution is 0.174. The summed E-state index contributed by atoms with van der Waals surface area (Å²) in [5, 5.41) is 3.17. The molecule has 4 nitrogen and oxygen atoms in total. The standard InChI is InChI=1S/C11H15N3O/c1-14-7-13-10-5-9(3-4-11(10)14)6-12-8-15-2/h3-5,7,12H,6,8H2,1-2H3. The predicted octanol–water partition coefficient (Wildman–Crippen LogP) is 1.27. The number of methoxy groups -OCH3 is 1. The van der Waals surface area contributed by atoms with E-state index in [0.29, 0.717) is 6.73 Å². The number of rotatable bonds is 4. The van der Waals surface area contributed by atoms with Crippen LogP contribution in [-0.4, -0.2) is 23.4 Å². The Bertz CT molecular complexity index is 450. The lowest BCUT2D eigenvalue weighted by Gasteiger charge is -2.03. The largest absolute Gasteiger partial charge is 0.370 e. The summed E-state index contributed by atoms with van der Waals surface area (Å²) in [5.41, 5.74) is 3.41. The fourth-order valence-electron chi connectivity index (χ4n) is 1.59. The predicted molar refractivity (Wildman–Crippen MR) is 59.4 cm³/mol. The number of ether oxygens (including phenoxy) is 1. The maximum absolute atomic E-state index is 4.92. The second-order valence-corrected chi connectivity index (χ2v) is 3.54. The van der Waals surface area contributed by atoms with Gasteiger partial charge < -0.3 is 9.30 Å². The molecule has 0 radical (unpaired) electrons. The maximum Gasteiger partial charge on any atom is 0.0964 e. The molecular formula is C11H15N3O. The van der Waals surface area contributed by atoms with Crippen molar-refractivity contribution in [1.29, 1.82) is 0 Å². The average molecular weight is 205 g/mol. The third kappa shape index (κ3) is 2.16. The number of nitrogens with zero attached hydrogens (tertiary/aromatic N) is 2. The maximum atomic E-state index is 4.92. The Morgan fingerprint density at radius 1 is 1.47 bits per heavy atom. The highest BCUT2D eigenvalue weighted by molar-refractivity contribution is 5.75. The minimum absolute atomic E-state index is 0.570. The van der Waals surface area contributed by atoms with Gasteiger partial charge in [-0.15, -0.1) is 0 Å². The highest BCUT2D eigenvalue weighted by Gasteiger charge is 2.00. The molecule has 1 heterocycles. The number of hydrogen-bond donors (Lipinski definition) is 1. The summed E-state index contributed by atoms with van der Waals surface area (Å²) in [6.07, 6.45) is 1.83. The third-order valence-electron chi connectivity index (χ3n) is 2.37. The van der Waals surface area contributed by atoms with Gasteiger partial charge in [-0.25, -0.2) is 4.98 Å². The van der Waals surface area contributed by atoms with Crippen molar-refractivity contribution in [2.45, 2.75) is 6.54 Å². The molecular weight excluding hydrogens is 190 g/mol. The fourth-order valence-corrected chi connectivity index (χ4v) is 1.59. The third-order valence-corrected chi connectivity index (χ3v) is 2.37. The van der Waals surface area contributed by atoms with Gasteiger partial charge in [0.05, 0.1) is 24.1 Å². The minimum Gasteiger partial charge on any atom is -0.370 e. The summed E-state index contributed by atoms with van der Waals surface area (Å²) >= 11 is 0. The van der Waals surface area contributed by atoms with E-state index in [1.807, 2.05) is 17.9 Å². The number of fused-ring (bicyclic) bond motifs is 1. The van der Waals surface area contributed by atoms with Crippen LogP contribution in [0.3, 0.4) is 0 Å². The van der Waals surface area contributed by atoms with Crippen molar-refractivity contribution in [2.24, 2.45) is 7.05 Å². The monoisotopic (exact) mass is 205 g/mol. The highest BCUT2D eigenvalue weighted by atomic mass is 16.5. The van der Waals surface area contributed by atoms with Crippen molar-refractivity contribution in [3.63, 3.8) is 0 Å². The van der Waals surface area contributed by atoms with Gasteiger partial charge in [0.2, 0.25) is 0 Å². The van der Waals surface area contributed by atoms with E-state index in [9.17, 15) is 0 Å². The van der Waals surface area contributed by atoms with Gasteiger partial charge in [-0.2, -0.15) is 0 Å². The van der Waals surface area contributed by atoms with E-state index in [1.54, 1.807) is 7.11 Å². The number of nitrogens with one attached hydrogen (secondary N) is 1. The van der Waals surface area contributed by atoms with E-state index < -0.39 is 0 Å². The molecule has 0 aliphatic carbocycles. The molecule has 15 heavy (non-hydrogen) atoms. The lowest BCUT2D eigenvalue weighted by atomic mass is 10.2. The van der Waals surface area contributed by atoms with Crippen molar-refractivity contribution >= 4 is 11.0 Å². The first-order chi connectivity index (χ1) is 7.31. The summed E-state index contributed by atoms with van der Waals surface area (Å²) in [7, 11) is 3.67. The van der Waals surface area contributed by atoms with Crippen LogP contribution in [0.15, 0.2) is 24.5 Å². The molecule has 0 aliphatic rings. The van der Waals surface area contributed by atoms with Crippen LogP contribution in [0.2, 0.25) is 0 Å². The molecule has 4 heteroatoms. The van der Waals surface area contributed by atoms with Crippen LogP contribution in [0, 0.1) is 0 Å². The first kappa shape index (κ1) is 10.1. The Morgan fingerprint density at radius 3 is 3.13 bits per heavy atom. The Kier molecular flexibility index (Phi) is 2.99. The van der Waals surface area contributed by atoms with Crippen LogP contribution in [0.5, 0.6) is 0 Å². The van der Waals surface area contributed by atoms with Gasteiger partial charge in [-0.05, 0) is 17.7 Å². The number of aromatic nitrogens is 2. The van der Waals surface area contributed by atoms with Crippen molar-refractivity contribution < 1.29 is 4.74 Å². The van der Waals surface area contributed by atoms with Gasteiger partial charge in [0.1, 0.15) is 0 Å². The summed E-state index contributed by atoms with van der Waals surface area (Å²) in [4.78, 5) is 4.31. The molecule has 2 rings (SSSR count). The first-order valence-corrected chi connectivity index (χ1v) is 4.91. The van der Waals surface area contributed by atoms with Gasteiger partial charge in [0.25, 0.3) is 0 Å². The van der Waals surface area contributed by atoms with Gasteiger partial charge >= 0.3 is 0 Å². The lowest BCUT2D eigenvalue weighted by Crippen LogP contribution is -2.15. The molecule has 0 unspecified atom stereocenters. The van der Waals surface area contributed by atoms with E-state index in [2.05, 4.69) is 28.5 Å². The van der Waals surface area contributed by atoms with Crippen molar-refractivity contribution in [3.05, 3.63) is 30.1 Å². The van der Waals surface area contributed by atoms with Gasteiger partial charge in [0.15, 0.2) is 0 Å². The smallest absolute Gasteiger partial charge is 0.0964 e. The van der Waals surface area contributed by atoms with Crippen molar-refractivity contribution in [1.82, 2.24) is 14.9 Å². The highest BCUT2D eigenvalue weighted by Crippen LogP contribution is 2.13. The zero-order valence-electron chi connectivity index (χ0n) is 9.03. The molecule has 0 fully saturated rings. The van der Waals surface area contributed by atoms with Crippen LogP contribution < -0.4 is 5.32 Å². The van der Waals surface area contributed by atoms with Gasteiger partial charge in [-0.1, -0.05) is 6.07 Å². The van der Waals surface area contributed by atoms with Crippen LogP contribution >= 0.6 is 0 Å². The fraction of sp³-hybridized carbons (Fsp3) is 0.364. The van der Waals surface area contributed by atoms with E-state index in [0.717, 1.165) is 17.6 Å². The normalized spacial score (nSPS) is 11.1. The molecule has 1 N–H and O–H groups in total. The second-order valence-electron chi connectivity index (χ2n) is 3.54. The van der Waals surface area contributed by atoms with Crippen molar-refractivity contribution in [3.8, 4) is 0 Å². The summed E-state index contributed by atoms with van der Waals surface area (Å²) in [6, 6.07) is 6.29. The SMILES string of the molecule is COCNCc1ccc2c(c1)ncn2C. The van der Waals surface area contributed by atoms with Crippen LogP contribution in [-0.2, 0) is 18.3 Å². The first-order valence-electron chi connectivity index (χ1n) is 4.91. The van der Waals surface area contributed by atoms with Gasteiger partial charge in [0, 0.05) is 20.7 Å². The Hall–Kier alpha value is -1.39. The van der Waals surface area contributed by atoms with Crippen LogP contribution in [0.1, 0.15) is 5.56 Å². The number of aryl methyl sites for hydroxylation is 1. The van der Waals surface area contributed by atoms with Crippen LogP contribution in [0.25, 0.3) is 11.0 Å². The Labute approximate surface area is 88.9 Å². The molecule has 0 bridgehead atoms. The number of hydrogen-bond acceptors (Lipinski definition) is 3.